The van der Waals surface area contributed by atoms with Crippen LogP contribution in [0, 0.1) is 0 Å². The normalized spacial score (nSPS) is 12.5. The fraction of sp³-hybridized carbons (Fsp3) is 0.455. The lowest BCUT2D eigenvalue weighted by Gasteiger charge is -2.17. The van der Waals surface area contributed by atoms with Crippen LogP contribution in [0.3, 0.4) is 0 Å². The SMILES string of the molecule is CCC(CNC)Oc1ccccc1Cl. The van der Waals surface area contributed by atoms with Crippen LogP contribution < -0.4 is 10.1 Å². The van der Waals surface area contributed by atoms with Gasteiger partial charge in [-0.3, -0.25) is 0 Å². The molecule has 0 aliphatic rings. The third-order valence-corrected chi connectivity index (χ3v) is 2.33. The highest BCUT2D eigenvalue weighted by atomic mass is 35.5. The van der Waals surface area contributed by atoms with Crippen molar-refractivity contribution >= 4 is 11.6 Å². The molecule has 0 fully saturated rings. The number of likely N-dealkylation sites (N-methyl/N-ethyl adjacent to an activating group) is 1. The van der Waals surface area contributed by atoms with E-state index in [0.29, 0.717) is 5.02 Å². The molecule has 1 aromatic rings. The molecule has 1 N–H and O–H groups in total. The molecule has 1 aromatic carbocycles. The van der Waals surface area contributed by atoms with Gasteiger partial charge in [0.25, 0.3) is 0 Å². The largest absolute Gasteiger partial charge is 0.488 e. The smallest absolute Gasteiger partial charge is 0.138 e. The van der Waals surface area contributed by atoms with Crippen molar-refractivity contribution < 1.29 is 4.74 Å². The summed E-state index contributed by atoms with van der Waals surface area (Å²) in [5, 5.41) is 3.76. The Morgan fingerprint density at radius 1 is 1.43 bits per heavy atom. The van der Waals surface area contributed by atoms with Gasteiger partial charge in [0, 0.05) is 6.54 Å². The van der Waals surface area contributed by atoms with E-state index in [-0.39, 0.29) is 6.10 Å². The van der Waals surface area contributed by atoms with Crippen molar-refractivity contribution in [2.24, 2.45) is 0 Å². The van der Waals surface area contributed by atoms with Gasteiger partial charge in [0.05, 0.1) is 5.02 Å². The van der Waals surface area contributed by atoms with Crippen LogP contribution in [-0.4, -0.2) is 19.7 Å². The topological polar surface area (TPSA) is 21.3 Å². The van der Waals surface area contributed by atoms with Gasteiger partial charge in [0.2, 0.25) is 0 Å². The molecule has 0 amide bonds. The van der Waals surface area contributed by atoms with Crippen molar-refractivity contribution in [3.63, 3.8) is 0 Å². The Bertz CT molecular complexity index is 278. The van der Waals surface area contributed by atoms with Crippen LogP contribution >= 0.6 is 11.6 Å². The third kappa shape index (κ3) is 3.20. The Kier molecular flexibility index (Phi) is 4.77. The van der Waals surface area contributed by atoms with Crippen LogP contribution in [0.15, 0.2) is 24.3 Å². The number of ether oxygens (including phenoxy) is 1. The second kappa shape index (κ2) is 5.89. The molecule has 0 saturated heterocycles. The van der Waals surface area contributed by atoms with E-state index in [1.54, 1.807) is 0 Å². The summed E-state index contributed by atoms with van der Waals surface area (Å²) in [6.45, 7) is 2.93. The molecule has 0 aliphatic carbocycles. The molecule has 2 nitrogen and oxygen atoms in total. The average molecular weight is 214 g/mol. The molecule has 0 aromatic heterocycles. The molecule has 1 atom stereocenters. The third-order valence-electron chi connectivity index (χ3n) is 2.02. The molecule has 3 heteroatoms. The maximum atomic E-state index is 5.98. The Morgan fingerprint density at radius 2 is 2.14 bits per heavy atom. The number of nitrogens with one attached hydrogen (secondary N) is 1. The van der Waals surface area contributed by atoms with Gasteiger partial charge in [-0.15, -0.1) is 0 Å². The molecular formula is C11H16ClNO. The number of hydrogen-bond acceptors (Lipinski definition) is 2. The van der Waals surface area contributed by atoms with Crippen molar-refractivity contribution in [1.82, 2.24) is 5.32 Å². The number of para-hydroxylation sites is 1. The Balaban J connectivity index is 2.62. The zero-order chi connectivity index (χ0) is 10.4. The predicted octanol–water partition coefficient (Wildman–Crippen LogP) is 2.72. The highest BCUT2D eigenvalue weighted by Crippen LogP contribution is 2.24. The summed E-state index contributed by atoms with van der Waals surface area (Å²) in [7, 11) is 1.92. The van der Waals surface area contributed by atoms with Gasteiger partial charge in [-0.05, 0) is 25.6 Å². The summed E-state index contributed by atoms with van der Waals surface area (Å²) in [6.07, 6.45) is 1.14. The Morgan fingerprint density at radius 3 is 2.71 bits per heavy atom. The maximum absolute atomic E-state index is 5.98. The van der Waals surface area contributed by atoms with Gasteiger partial charge in [-0.1, -0.05) is 30.7 Å². The summed E-state index contributed by atoms with van der Waals surface area (Å²) in [6, 6.07) is 7.55. The first-order chi connectivity index (χ1) is 6.77. The molecular weight excluding hydrogens is 198 g/mol. The average Bonchev–Trinajstić information content (AvgIpc) is 2.20. The highest BCUT2D eigenvalue weighted by Gasteiger charge is 2.08. The van der Waals surface area contributed by atoms with Crippen LogP contribution in [0.2, 0.25) is 5.02 Å². The fourth-order valence-electron chi connectivity index (χ4n) is 1.22. The van der Waals surface area contributed by atoms with Crippen LogP contribution in [0.1, 0.15) is 13.3 Å². The summed E-state index contributed by atoms with van der Waals surface area (Å²) >= 11 is 5.98. The lowest BCUT2D eigenvalue weighted by molar-refractivity contribution is 0.196. The van der Waals surface area contributed by atoms with Gasteiger partial charge in [-0.2, -0.15) is 0 Å². The van der Waals surface area contributed by atoms with Crippen LogP contribution in [0.5, 0.6) is 5.75 Å². The van der Waals surface area contributed by atoms with E-state index in [1.807, 2.05) is 31.3 Å². The number of halogens is 1. The first-order valence-corrected chi connectivity index (χ1v) is 5.21. The zero-order valence-corrected chi connectivity index (χ0v) is 9.34. The van der Waals surface area contributed by atoms with Gasteiger partial charge >= 0.3 is 0 Å². The molecule has 0 saturated carbocycles. The van der Waals surface area contributed by atoms with Gasteiger partial charge in [0.1, 0.15) is 11.9 Å². The van der Waals surface area contributed by atoms with Gasteiger partial charge in [0.15, 0.2) is 0 Å². The molecule has 0 heterocycles. The summed E-state index contributed by atoms with van der Waals surface area (Å²) in [5.41, 5.74) is 0. The molecule has 0 spiro atoms. The Hall–Kier alpha value is -0.730. The molecule has 1 unspecified atom stereocenters. The van der Waals surface area contributed by atoms with Crippen LogP contribution in [-0.2, 0) is 0 Å². The van der Waals surface area contributed by atoms with Crippen molar-refractivity contribution in [2.75, 3.05) is 13.6 Å². The molecule has 0 aliphatic heterocycles. The standard InChI is InChI=1S/C11H16ClNO/c1-3-9(8-13-2)14-11-7-5-4-6-10(11)12/h4-7,9,13H,3,8H2,1-2H3. The summed E-state index contributed by atoms with van der Waals surface area (Å²) < 4.78 is 5.74. The second-order valence-electron chi connectivity index (χ2n) is 3.14. The van der Waals surface area contributed by atoms with Gasteiger partial charge < -0.3 is 10.1 Å². The minimum absolute atomic E-state index is 0.180. The van der Waals surface area contributed by atoms with Crippen LogP contribution in [0.4, 0.5) is 0 Å². The van der Waals surface area contributed by atoms with E-state index < -0.39 is 0 Å². The molecule has 0 radical (unpaired) electrons. The number of benzene rings is 1. The van der Waals surface area contributed by atoms with Gasteiger partial charge in [-0.25, -0.2) is 0 Å². The monoisotopic (exact) mass is 213 g/mol. The van der Waals surface area contributed by atoms with Crippen molar-refractivity contribution in [2.45, 2.75) is 19.4 Å². The first kappa shape index (κ1) is 11.3. The number of rotatable bonds is 5. The minimum atomic E-state index is 0.180. The molecule has 14 heavy (non-hydrogen) atoms. The number of hydrogen-bond donors (Lipinski definition) is 1. The van der Waals surface area contributed by atoms with Crippen molar-refractivity contribution in [3.05, 3.63) is 29.3 Å². The van der Waals surface area contributed by atoms with E-state index in [4.69, 9.17) is 16.3 Å². The van der Waals surface area contributed by atoms with Crippen molar-refractivity contribution in [3.8, 4) is 5.75 Å². The zero-order valence-electron chi connectivity index (χ0n) is 8.59. The highest BCUT2D eigenvalue weighted by molar-refractivity contribution is 6.32. The molecule has 78 valence electrons. The molecule has 1 rings (SSSR count). The van der Waals surface area contributed by atoms with E-state index in [1.165, 1.54) is 0 Å². The van der Waals surface area contributed by atoms with Crippen molar-refractivity contribution in [1.29, 1.82) is 0 Å². The summed E-state index contributed by atoms with van der Waals surface area (Å²) in [5.74, 6) is 0.760. The second-order valence-corrected chi connectivity index (χ2v) is 3.54. The molecule has 0 bridgehead atoms. The summed E-state index contributed by atoms with van der Waals surface area (Å²) in [4.78, 5) is 0. The van der Waals surface area contributed by atoms with E-state index in [9.17, 15) is 0 Å². The minimum Gasteiger partial charge on any atom is -0.488 e. The quantitative estimate of drug-likeness (QED) is 0.812. The Labute approximate surface area is 90.2 Å². The maximum Gasteiger partial charge on any atom is 0.138 e. The van der Waals surface area contributed by atoms with E-state index in [0.717, 1.165) is 18.7 Å². The first-order valence-electron chi connectivity index (χ1n) is 4.83. The predicted molar refractivity (Wildman–Crippen MR) is 60.1 cm³/mol. The lowest BCUT2D eigenvalue weighted by Crippen LogP contribution is -2.28. The fourth-order valence-corrected chi connectivity index (χ4v) is 1.40. The lowest BCUT2D eigenvalue weighted by atomic mass is 10.2. The van der Waals surface area contributed by atoms with Crippen LogP contribution in [0.25, 0.3) is 0 Å². The van der Waals surface area contributed by atoms with E-state index in [2.05, 4.69) is 12.2 Å². The van der Waals surface area contributed by atoms with E-state index >= 15 is 0 Å².